The van der Waals surface area contributed by atoms with Gasteiger partial charge in [-0.2, -0.15) is 5.10 Å². The molecule has 3 aliphatic carbocycles. The summed E-state index contributed by atoms with van der Waals surface area (Å²) < 4.78 is 28.3. The number of halogens is 2. The zero-order valence-corrected chi connectivity index (χ0v) is 28.6. The van der Waals surface area contributed by atoms with E-state index in [9.17, 15) is 14.0 Å². The van der Waals surface area contributed by atoms with Gasteiger partial charge in [-0.25, -0.2) is 14.1 Å². The largest absolute Gasteiger partial charge is 0.482 e. The number of benzene rings is 1. The van der Waals surface area contributed by atoms with Crippen molar-refractivity contribution >= 4 is 40.1 Å². The molecular formula is C36H39ClFN7O4. The van der Waals surface area contributed by atoms with E-state index in [2.05, 4.69) is 23.7 Å². The van der Waals surface area contributed by atoms with Crippen LogP contribution >= 0.6 is 11.6 Å². The first-order valence-corrected chi connectivity index (χ1v) is 17.3. The first-order valence-electron chi connectivity index (χ1n) is 16.9. The summed E-state index contributed by atoms with van der Waals surface area (Å²) in [5.74, 6) is -0.879. The van der Waals surface area contributed by atoms with Gasteiger partial charge >= 0.3 is 0 Å². The predicted molar refractivity (Wildman–Crippen MR) is 182 cm³/mol. The molecule has 256 valence electrons. The van der Waals surface area contributed by atoms with Gasteiger partial charge in [0.05, 0.1) is 52.0 Å². The molecule has 1 aromatic carbocycles. The summed E-state index contributed by atoms with van der Waals surface area (Å²) in [6.07, 6.45) is 8.95. The quantitative estimate of drug-likeness (QED) is 0.246. The lowest BCUT2D eigenvalue weighted by Gasteiger charge is -2.73. The van der Waals surface area contributed by atoms with Crippen molar-refractivity contribution in [1.82, 2.24) is 24.6 Å². The molecule has 2 bridgehead atoms. The number of rotatable bonds is 9. The number of likely N-dealkylation sites (tertiary alicyclic amines) is 1. The molecule has 0 spiro atoms. The molecule has 0 unspecified atom stereocenters. The molecule has 4 fully saturated rings. The van der Waals surface area contributed by atoms with Crippen molar-refractivity contribution in [3.05, 3.63) is 64.5 Å². The summed E-state index contributed by atoms with van der Waals surface area (Å²) in [5.41, 5.74) is 10.1. The molecule has 2 aliphatic heterocycles. The first kappa shape index (κ1) is 32.1. The van der Waals surface area contributed by atoms with Crippen LogP contribution in [0.25, 0.3) is 22.2 Å². The van der Waals surface area contributed by atoms with Crippen molar-refractivity contribution in [3.63, 3.8) is 0 Å². The van der Waals surface area contributed by atoms with Crippen molar-refractivity contribution in [2.24, 2.45) is 11.7 Å². The van der Waals surface area contributed by atoms with Gasteiger partial charge in [0.25, 0.3) is 11.8 Å². The summed E-state index contributed by atoms with van der Waals surface area (Å²) in [5, 5.41) is 5.77. The van der Waals surface area contributed by atoms with Gasteiger partial charge in [-0.3, -0.25) is 24.4 Å². The number of hydrogen-bond donors (Lipinski definition) is 1. The Morgan fingerprint density at radius 3 is 2.59 bits per heavy atom. The number of carbonyl (C=O) groups is 2. The normalized spacial score (nSPS) is 23.7. The van der Waals surface area contributed by atoms with E-state index in [0.29, 0.717) is 45.8 Å². The summed E-state index contributed by atoms with van der Waals surface area (Å²) in [6.45, 7) is 5.82. The number of anilines is 1. The number of nitrogens with two attached hydrogens (primary N) is 1. The Bertz CT molecular complexity index is 1990. The number of amides is 2. The van der Waals surface area contributed by atoms with E-state index in [-0.39, 0.29) is 47.3 Å². The van der Waals surface area contributed by atoms with E-state index in [1.54, 1.807) is 18.3 Å². The topological polar surface area (TPSA) is 129 Å². The lowest BCUT2D eigenvalue weighted by atomic mass is 9.45. The summed E-state index contributed by atoms with van der Waals surface area (Å²) in [6, 6.07) is 6.70. The average molecular weight is 688 g/mol. The third-order valence-corrected chi connectivity index (χ3v) is 11.1. The smallest absolute Gasteiger partial charge is 0.265 e. The molecule has 11 nitrogen and oxygen atoms in total. The van der Waals surface area contributed by atoms with E-state index in [1.807, 2.05) is 17.9 Å². The summed E-state index contributed by atoms with van der Waals surface area (Å²) >= 11 is 5.89. The molecule has 1 saturated heterocycles. The Kier molecular flexibility index (Phi) is 7.69. The maximum Gasteiger partial charge on any atom is 0.265 e. The van der Waals surface area contributed by atoms with Crippen molar-refractivity contribution in [2.75, 3.05) is 31.7 Å². The Morgan fingerprint density at radius 2 is 1.92 bits per heavy atom. The molecular weight excluding hydrogens is 649 g/mol. The molecule has 4 aromatic rings. The van der Waals surface area contributed by atoms with E-state index in [1.165, 1.54) is 17.2 Å². The van der Waals surface area contributed by atoms with Crippen molar-refractivity contribution < 1.29 is 23.5 Å². The van der Waals surface area contributed by atoms with E-state index >= 15 is 0 Å². The highest BCUT2D eigenvalue weighted by molar-refractivity contribution is 6.30. The van der Waals surface area contributed by atoms with Crippen molar-refractivity contribution in [3.8, 4) is 16.9 Å². The maximum atomic E-state index is 14.7. The molecule has 9 rings (SSSR count). The second-order valence-corrected chi connectivity index (χ2v) is 14.9. The highest BCUT2D eigenvalue weighted by Gasteiger charge is 2.70. The fourth-order valence-corrected chi connectivity index (χ4v) is 8.64. The molecule has 5 heterocycles. The van der Waals surface area contributed by atoms with Crippen LogP contribution in [0, 0.1) is 11.7 Å². The van der Waals surface area contributed by atoms with E-state index in [0.717, 1.165) is 56.2 Å². The number of fused-ring (bicyclic) bond motifs is 2. The number of piperidine rings is 1. The SMILES string of the molecule is COC12CC(N3CCC(n4ncc5c(-c6ccc7c(c6)OCC(=O)N7Cc6ncc(Cl)cc6F)c(C(N)=O)c(CC(C)C)nc54)CC3)(C1)C2. The molecule has 5 aliphatic rings. The van der Waals surface area contributed by atoms with Crippen LogP contribution in [-0.2, 0) is 22.5 Å². The second-order valence-electron chi connectivity index (χ2n) is 14.5. The molecule has 3 saturated carbocycles. The molecule has 13 heteroatoms. The van der Waals surface area contributed by atoms with E-state index in [4.69, 9.17) is 36.9 Å². The number of hydrogen-bond acceptors (Lipinski definition) is 8. The van der Waals surface area contributed by atoms with Gasteiger partial charge in [-0.05, 0) is 68.2 Å². The van der Waals surface area contributed by atoms with Crippen LogP contribution < -0.4 is 15.4 Å². The van der Waals surface area contributed by atoms with Gasteiger partial charge < -0.3 is 15.2 Å². The number of ether oxygens (including phenoxy) is 2. The number of nitrogens with zero attached hydrogens (tertiary/aromatic N) is 6. The van der Waals surface area contributed by atoms with Crippen molar-refractivity contribution in [1.29, 1.82) is 0 Å². The molecule has 2 amide bonds. The lowest BCUT2D eigenvalue weighted by molar-refractivity contribution is -0.282. The van der Waals surface area contributed by atoms with Gasteiger partial charge in [-0.1, -0.05) is 31.5 Å². The average Bonchev–Trinajstić information content (AvgIpc) is 3.45. The minimum absolute atomic E-state index is 0.0845. The third kappa shape index (κ3) is 5.26. The minimum atomic E-state index is -0.602. The fourth-order valence-electron chi connectivity index (χ4n) is 8.50. The molecule has 3 aromatic heterocycles. The molecule has 0 atom stereocenters. The molecule has 2 N–H and O–H groups in total. The minimum Gasteiger partial charge on any atom is -0.482 e. The standard InChI is InChI=1S/C36H39ClFN7O4/c1-20(2)10-26-32(33(39)47)31(21-4-5-28-29(11-21)49-16-30(46)44(28)15-27-25(38)12-22(37)13-40-27)24-14-41-45(34(24)42-26)23-6-8-43(9-7-23)35-17-36(18-35,19-35)48-3/h4-5,11-14,20,23H,6-10,15-19H2,1-3H3,(H2,39,47). The molecule has 0 radical (unpaired) electrons. The van der Waals surface area contributed by atoms with Crippen LogP contribution in [0.3, 0.4) is 0 Å². The van der Waals surface area contributed by atoms with Gasteiger partial charge in [-0.15, -0.1) is 0 Å². The van der Waals surface area contributed by atoms with Crippen LogP contribution in [0.1, 0.15) is 73.7 Å². The monoisotopic (exact) mass is 687 g/mol. The van der Waals surface area contributed by atoms with Crippen LogP contribution in [0.2, 0.25) is 5.02 Å². The number of pyridine rings is 2. The predicted octanol–water partition coefficient (Wildman–Crippen LogP) is 5.47. The van der Waals surface area contributed by atoms with Crippen molar-refractivity contribution in [2.45, 2.75) is 76.1 Å². The van der Waals surface area contributed by atoms with Gasteiger partial charge in [0.15, 0.2) is 12.3 Å². The van der Waals surface area contributed by atoms with Crippen LogP contribution in [0.15, 0.2) is 36.7 Å². The zero-order chi connectivity index (χ0) is 34.2. The van der Waals surface area contributed by atoms with Gasteiger partial charge in [0, 0.05) is 42.9 Å². The Hall–Kier alpha value is -4.13. The fraction of sp³-hybridized carbons (Fsp3) is 0.472. The first-order chi connectivity index (χ1) is 23.5. The van der Waals surface area contributed by atoms with Crippen LogP contribution in [0.5, 0.6) is 5.75 Å². The summed E-state index contributed by atoms with van der Waals surface area (Å²) in [7, 11) is 1.83. The van der Waals surface area contributed by atoms with Gasteiger partial charge in [0.1, 0.15) is 11.6 Å². The van der Waals surface area contributed by atoms with E-state index < -0.39 is 11.7 Å². The van der Waals surface area contributed by atoms with Gasteiger partial charge in [0.2, 0.25) is 0 Å². The Morgan fingerprint density at radius 1 is 1.16 bits per heavy atom. The Labute approximate surface area is 288 Å². The zero-order valence-electron chi connectivity index (χ0n) is 27.8. The third-order valence-electron chi connectivity index (χ3n) is 10.9. The Balaban J connectivity index is 1.16. The maximum absolute atomic E-state index is 14.7. The highest BCUT2D eigenvalue weighted by Crippen LogP contribution is 2.65. The number of methoxy groups -OCH3 is 1. The van der Waals surface area contributed by atoms with Crippen LogP contribution in [0.4, 0.5) is 10.1 Å². The molecule has 49 heavy (non-hydrogen) atoms. The summed E-state index contributed by atoms with van der Waals surface area (Å²) in [4.78, 5) is 39.4. The number of aromatic nitrogens is 4. The number of primary amides is 1. The van der Waals surface area contributed by atoms with Crippen LogP contribution in [-0.4, -0.2) is 74.4 Å². The lowest BCUT2D eigenvalue weighted by Crippen LogP contribution is -2.79. The second kappa shape index (κ2) is 11.7. The highest BCUT2D eigenvalue weighted by atomic mass is 35.5. The number of carbonyl (C=O) groups excluding carboxylic acids is 2.